The number of rotatable bonds is 6. The largest absolute Gasteiger partial charge is 0.494 e. The van der Waals surface area contributed by atoms with Crippen molar-refractivity contribution >= 4 is 28.3 Å². The summed E-state index contributed by atoms with van der Waals surface area (Å²) in [4.78, 5) is 32.1. The number of thiazole rings is 1. The van der Waals surface area contributed by atoms with E-state index in [-0.39, 0.29) is 18.4 Å². The molecule has 2 heterocycles. The first kappa shape index (κ1) is 18.3. The highest BCUT2D eigenvalue weighted by molar-refractivity contribution is 7.15. The molecule has 0 radical (unpaired) electrons. The highest BCUT2D eigenvalue weighted by atomic mass is 32.1. The summed E-state index contributed by atoms with van der Waals surface area (Å²) in [7, 11) is 2.07. The maximum absolute atomic E-state index is 12.1. The van der Waals surface area contributed by atoms with Crippen molar-refractivity contribution in [2.24, 2.45) is 0 Å². The molecule has 1 aliphatic rings. The molecule has 1 aliphatic heterocycles. The minimum Gasteiger partial charge on any atom is -0.494 e. The van der Waals surface area contributed by atoms with Crippen molar-refractivity contribution in [3.05, 3.63) is 40.4 Å². The lowest BCUT2D eigenvalue weighted by Crippen LogP contribution is -2.32. The van der Waals surface area contributed by atoms with E-state index in [1.807, 2.05) is 6.92 Å². The van der Waals surface area contributed by atoms with Gasteiger partial charge >= 0.3 is 0 Å². The average molecular weight is 374 g/mol. The number of hydrogen-bond acceptors (Lipinski definition) is 6. The predicted molar refractivity (Wildman–Crippen MR) is 101 cm³/mol. The molecule has 1 aromatic carbocycles. The molecule has 3 rings (SSSR count). The Balaban J connectivity index is 1.50. The minimum atomic E-state index is -0.303. The summed E-state index contributed by atoms with van der Waals surface area (Å²) in [6.45, 7) is 4.20. The molecule has 26 heavy (non-hydrogen) atoms. The van der Waals surface area contributed by atoms with Crippen LogP contribution in [0.5, 0.6) is 5.75 Å². The number of fused-ring (bicyclic) bond motifs is 1. The van der Waals surface area contributed by atoms with E-state index in [0.717, 1.165) is 25.2 Å². The van der Waals surface area contributed by atoms with Gasteiger partial charge in [-0.3, -0.25) is 9.59 Å². The number of benzene rings is 1. The third-order valence-corrected chi connectivity index (χ3v) is 5.00. The number of nitrogens with zero attached hydrogens (tertiary/aromatic N) is 2. The summed E-state index contributed by atoms with van der Waals surface area (Å²) in [6, 6.07) is 6.80. The van der Waals surface area contributed by atoms with E-state index in [9.17, 15) is 9.59 Å². The number of aromatic nitrogens is 1. The predicted octanol–water partition coefficient (Wildman–Crippen LogP) is 1.90. The Morgan fingerprint density at radius 1 is 1.31 bits per heavy atom. The fraction of sp³-hybridized carbons (Fsp3) is 0.389. The normalized spacial score (nSPS) is 13.8. The summed E-state index contributed by atoms with van der Waals surface area (Å²) >= 11 is 1.49. The van der Waals surface area contributed by atoms with Gasteiger partial charge in [0.1, 0.15) is 5.75 Å². The molecule has 0 fully saturated rings. The number of ether oxygens (including phenoxy) is 1. The first-order chi connectivity index (χ1) is 12.5. The average Bonchev–Trinajstić information content (AvgIpc) is 3.01. The first-order valence-corrected chi connectivity index (χ1v) is 9.35. The summed E-state index contributed by atoms with van der Waals surface area (Å²) in [6.07, 6.45) is 0.896. The molecule has 0 saturated carbocycles. The maximum atomic E-state index is 12.1. The van der Waals surface area contributed by atoms with Crippen molar-refractivity contribution in [3.63, 3.8) is 0 Å². The third kappa shape index (κ3) is 4.59. The van der Waals surface area contributed by atoms with E-state index in [1.54, 1.807) is 24.3 Å². The van der Waals surface area contributed by atoms with E-state index in [2.05, 4.69) is 27.6 Å². The topological polar surface area (TPSA) is 83.6 Å². The molecule has 7 nitrogen and oxygen atoms in total. The number of likely N-dealkylation sites (N-methyl/N-ethyl adjacent to an activating group) is 1. The highest BCUT2D eigenvalue weighted by Crippen LogP contribution is 2.27. The Morgan fingerprint density at radius 2 is 2.08 bits per heavy atom. The van der Waals surface area contributed by atoms with Crippen LogP contribution in [0.3, 0.4) is 0 Å². The molecule has 0 spiro atoms. The van der Waals surface area contributed by atoms with Crippen LogP contribution in [0.1, 0.15) is 27.9 Å². The van der Waals surface area contributed by atoms with Crippen LogP contribution < -0.4 is 15.4 Å². The Hall–Kier alpha value is -2.45. The minimum absolute atomic E-state index is 0.101. The monoisotopic (exact) mass is 374 g/mol. The van der Waals surface area contributed by atoms with E-state index in [0.29, 0.717) is 23.1 Å². The zero-order chi connectivity index (χ0) is 18.5. The van der Waals surface area contributed by atoms with Gasteiger partial charge in [-0.25, -0.2) is 4.98 Å². The molecular weight excluding hydrogens is 352 g/mol. The Morgan fingerprint density at radius 3 is 2.81 bits per heavy atom. The van der Waals surface area contributed by atoms with E-state index in [4.69, 9.17) is 4.74 Å². The van der Waals surface area contributed by atoms with Crippen LogP contribution in [-0.4, -0.2) is 48.4 Å². The lowest BCUT2D eigenvalue weighted by molar-refractivity contribution is -0.115. The van der Waals surface area contributed by atoms with Gasteiger partial charge in [0.15, 0.2) is 5.13 Å². The lowest BCUT2D eigenvalue weighted by Gasteiger charge is -2.20. The molecular formula is C18H22N4O3S. The molecule has 0 aliphatic carbocycles. The quantitative estimate of drug-likeness (QED) is 0.807. The van der Waals surface area contributed by atoms with Gasteiger partial charge in [0.05, 0.1) is 18.8 Å². The van der Waals surface area contributed by atoms with Gasteiger partial charge in [0.2, 0.25) is 5.91 Å². The zero-order valence-electron chi connectivity index (χ0n) is 14.9. The number of amides is 2. The van der Waals surface area contributed by atoms with Crippen LogP contribution in [0.2, 0.25) is 0 Å². The third-order valence-electron chi connectivity index (χ3n) is 4.01. The summed E-state index contributed by atoms with van der Waals surface area (Å²) in [5, 5.41) is 5.97. The van der Waals surface area contributed by atoms with E-state index >= 15 is 0 Å². The van der Waals surface area contributed by atoms with E-state index in [1.165, 1.54) is 16.2 Å². The van der Waals surface area contributed by atoms with Crippen LogP contribution in [-0.2, 0) is 17.8 Å². The number of carbonyl (C=O) groups excluding carboxylic acids is 2. The SMILES string of the molecule is CCOc1ccc(C(=O)NCC(=O)Nc2nc3c(s2)CN(C)CC3)cc1. The second-order valence-corrected chi connectivity index (χ2v) is 7.15. The van der Waals surface area contributed by atoms with Crippen molar-refractivity contribution in [1.29, 1.82) is 0 Å². The van der Waals surface area contributed by atoms with Crippen LogP contribution >= 0.6 is 11.3 Å². The Bertz CT molecular complexity index is 788. The number of nitrogens with one attached hydrogen (secondary N) is 2. The number of hydrogen-bond donors (Lipinski definition) is 2. The number of anilines is 1. The Labute approximate surface area is 156 Å². The standard InChI is InChI=1S/C18H22N4O3S/c1-3-25-13-6-4-12(5-7-13)17(24)19-10-16(23)21-18-20-14-8-9-22(2)11-15(14)26-18/h4-7H,3,8-11H2,1-2H3,(H,19,24)(H,20,21,23). The number of carbonyl (C=O) groups is 2. The van der Waals surface area contributed by atoms with E-state index < -0.39 is 0 Å². The van der Waals surface area contributed by atoms with Crippen molar-refractivity contribution in [1.82, 2.24) is 15.2 Å². The van der Waals surface area contributed by atoms with Crippen molar-refractivity contribution < 1.29 is 14.3 Å². The summed E-state index contributed by atoms with van der Waals surface area (Å²) in [5.74, 6) is 0.118. The van der Waals surface area contributed by atoms with Gasteiger partial charge < -0.3 is 20.3 Å². The maximum Gasteiger partial charge on any atom is 0.251 e. The second kappa shape index (κ2) is 8.29. The molecule has 2 N–H and O–H groups in total. The van der Waals surface area contributed by atoms with Gasteiger partial charge in [0, 0.05) is 30.0 Å². The van der Waals surface area contributed by atoms with Gasteiger partial charge in [-0.2, -0.15) is 0 Å². The smallest absolute Gasteiger partial charge is 0.251 e. The second-order valence-electron chi connectivity index (χ2n) is 6.06. The molecule has 2 aromatic rings. The van der Waals surface area contributed by atoms with Crippen molar-refractivity contribution in [3.8, 4) is 5.75 Å². The van der Waals surface area contributed by atoms with Crippen molar-refractivity contribution in [2.75, 3.05) is 32.1 Å². The van der Waals surface area contributed by atoms with Gasteiger partial charge in [0.25, 0.3) is 5.91 Å². The highest BCUT2D eigenvalue weighted by Gasteiger charge is 2.19. The fourth-order valence-electron chi connectivity index (χ4n) is 2.67. The molecule has 8 heteroatoms. The van der Waals surface area contributed by atoms with Crippen molar-refractivity contribution in [2.45, 2.75) is 19.9 Å². The molecule has 1 aromatic heterocycles. The van der Waals surface area contributed by atoms with Gasteiger partial charge in [-0.05, 0) is 38.2 Å². The first-order valence-electron chi connectivity index (χ1n) is 8.53. The molecule has 138 valence electrons. The molecule has 0 atom stereocenters. The van der Waals surface area contributed by atoms with Crippen LogP contribution in [0, 0.1) is 0 Å². The van der Waals surface area contributed by atoms with Gasteiger partial charge in [-0.15, -0.1) is 11.3 Å². The Kier molecular flexibility index (Phi) is 5.85. The lowest BCUT2D eigenvalue weighted by atomic mass is 10.2. The van der Waals surface area contributed by atoms with Gasteiger partial charge in [-0.1, -0.05) is 0 Å². The molecule has 0 bridgehead atoms. The van der Waals surface area contributed by atoms with Crippen LogP contribution in [0.15, 0.2) is 24.3 Å². The molecule has 2 amide bonds. The summed E-state index contributed by atoms with van der Waals surface area (Å²) in [5.41, 5.74) is 1.54. The fourth-order valence-corrected chi connectivity index (χ4v) is 3.78. The van der Waals surface area contributed by atoms with Crippen LogP contribution in [0.25, 0.3) is 0 Å². The zero-order valence-corrected chi connectivity index (χ0v) is 15.7. The molecule has 0 saturated heterocycles. The summed E-state index contributed by atoms with van der Waals surface area (Å²) < 4.78 is 5.34. The van der Waals surface area contributed by atoms with Crippen LogP contribution in [0.4, 0.5) is 5.13 Å². The molecule has 0 unspecified atom stereocenters.